The van der Waals surface area contributed by atoms with Crippen molar-refractivity contribution in [2.75, 3.05) is 0 Å². The van der Waals surface area contributed by atoms with Crippen LogP contribution in [0.4, 0.5) is 0 Å². The topological polar surface area (TPSA) is 70.3 Å². The van der Waals surface area contributed by atoms with Crippen LogP contribution in [0.2, 0.25) is 0 Å². The molecule has 1 aromatic rings. The van der Waals surface area contributed by atoms with E-state index in [-0.39, 0.29) is 22.2 Å². The molecule has 4 nitrogen and oxygen atoms in total. The van der Waals surface area contributed by atoms with Gasteiger partial charge in [0.15, 0.2) is 10.9 Å². The molecule has 0 aliphatic carbocycles. The van der Waals surface area contributed by atoms with Crippen LogP contribution in [0.3, 0.4) is 0 Å². The number of carbonyl (C=O) groups is 1. The van der Waals surface area contributed by atoms with E-state index in [1.54, 1.807) is 32.9 Å². The maximum Gasteiger partial charge on any atom is 0.187 e. The molecule has 1 aliphatic rings. The summed E-state index contributed by atoms with van der Waals surface area (Å²) in [5, 5.41) is 18.9. The van der Waals surface area contributed by atoms with Crippen molar-refractivity contribution in [1.82, 2.24) is 0 Å². The summed E-state index contributed by atoms with van der Waals surface area (Å²) in [5.41, 5.74) is -0.619. The largest absolute Gasteiger partial charge is 0.508 e. The second-order valence-electron chi connectivity index (χ2n) is 5.19. The minimum Gasteiger partial charge on any atom is -0.508 e. The molecule has 0 unspecified atom stereocenters. The van der Waals surface area contributed by atoms with E-state index in [1.807, 2.05) is 6.07 Å². The van der Waals surface area contributed by atoms with Crippen LogP contribution in [-0.2, 0) is 4.79 Å². The number of hydrogen-bond acceptors (Lipinski definition) is 5. The van der Waals surface area contributed by atoms with Gasteiger partial charge in [-0.05, 0) is 30.0 Å². The SMILES string of the molecule is CC(C)(C)C(=O)/C(C#N)=C1/Oc2ccc(O)cc2S1. The predicted molar refractivity (Wildman–Crippen MR) is 71.7 cm³/mol. The van der Waals surface area contributed by atoms with Crippen LogP contribution in [0, 0.1) is 16.7 Å². The molecule has 98 valence electrons. The Morgan fingerprint density at radius 2 is 2.11 bits per heavy atom. The number of Topliss-reactive ketones (excluding diaryl/α,β-unsaturated/α-hetero) is 1. The summed E-state index contributed by atoms with van der Waals surface area (Å²) in [7, 11) is 0. The highest BCUT2D eigenvalue weighted by atomic mass is 32.2. The highest BCUT2D eigenvalue weighted by Gasteiger charge is 2.32. The highest BCUT2D eigenvalue weighted by Crippen LogP contribution is 2.46. The second kappa shape index (κ2) is 4.63. The molecular weight excluding hydrogens is 262 g/mol. The van der Waals surface area contributed by atoms with Gasteiger partial charge >= 0.3 is 0 Å². The minimum absolute atomic E-state index is 0.0215. The normalized spacial score (nSPS) is 16.3. The third kappa shape index (κ3) is 2.59. The molecule has 5 heteroatoms. The Morgan fingerprint density at radius 3 is 2.68 bits per heavy atom. The van der Waals surface area contributed by atoms with Crippen LogP contribution in [-0.4, -0.2) is 10.9 Å². The van der Waals surface area contributed by atoms with Crippen molar-refractivity contribution >= 4 is 17.5 Å². The minimum atomic E-state index is -0.640. The number of ether oxygens (including phenoxy) is 1. The molecule has 0 radical (unpaired) electrons. The van der Waals surface area contributed by atoms with E-state index in [0.717, 1.165) is 0 Å². The number of thioether (sulfide) groups is 1. The first-order chi connectivity index (χ1) is 8.82. The van der Waals surface area contributed by atoms with Crippen molar-refractivity contribution in [2.45, 2.75) is 25.7 Å². The van der Waals surface area contributed by atoms with Gasteiger partial charge in [0.2, 0.25) is 0 Å². The zero-order chi connectivity index (χ0) is 14.2. The lowest BCUT2D eigenvalue weighted by Gasteiger charge is -2.16. The molecule has 0 atom stereocenters. The summed E-state index contributed by atoms with van der Waals surface area (Å²) in [4.78, 5) is 12.9. The summed E-state index contributed by atoms with van der Waals surface area (Å²) < 4.78 is 5.52. The highest BCUT2D eigenvalue weighted by molar-refractivity contribution is 8.03. The van der Waals surface area contributed by atoms with Gasteiger partial charge in [0, 0.05) is 5.41 Å². The lowest BCUT2D eigenvalue weighted by Crippen LogP contribution is -2.22. The summed E-state index contributed by atoms with van der Waals surface area (Å²) in [6, 6.07) is 6.58. The van der Waals surface area contributed by atoms with E-state index < -0.39 is 5.41 Å². The fraction of sp³-hybridized carbons (Fsp3) is 0.286. The van der Waals surface area contributed by atoms with E-state index in [4.69, 9.17) is 4.74 Å². The molecule has 0 amide bonds. The van der Waals surface area contributed by atoms with Crippen molar-refractivity contribution in [2.24, 2.45) is 5.41 Å². The maximum atomic E-state index is 12.2. The first-order valence-corrected chi connectivity index (χ1v) is 6.52. The summed E-state index contributed by atoms with van der Waals surface area (Å²) in [6.45, 7) is 5.27. The van der Waals surface area contributed by atoms with Gasteiger partial charge in [-0.1, -0.05) is 20.8 Å². The Morgan fingerprint density at radius 1 is 1.42 bits per heavy atom. The van der Waals surface area contributed by atoms with Gasteiger partial charge in [-0.3, -0.25) is 4.79 Å². The van der Waals surface area contributed by atoms with Crippen molar-refractivity contribution < 1.29 is 14.6 Å². The van der Waals surface area contributed by atoms with E-state index >= 15 is 0 Å². The number of phenols is 1. The standard InChI is InChI=1S/C14H13NO3S/c1-14(2,3)12(17)9(7-15)13-18-10-5-4-8(16)6-11(10)19-13/h4-6,16H,1-3H3/b13-9-. The number of ketones is 1. The van der Waals surface area contributed by atoms with Crippen LogP contribution in [0.25, 0.3) is 0 Å². The first kappa shape index (κ1) is 13.5. The third-order valence-corrected chi connectivity index (χ3v) is 3.57. The van der Waals surface area contributed by atoms with Gasteiger partial charge in [0.25, 0.3) is 0 Å². The van der Waals surface area contributed by atoms with Crippen molar-refractivity contribution in [1.29, 1.82) is 5.26 Å². The van der Waals surface area contributed by atoms with E-state index in [0.29, 0.717) is 10.6 Å². The first-order valence-electron chi connectivity index (χ1n) is 5.71. The molecule has 2 rings (SSSR count). The number of carbonyl (C=O) groups excluding carboxylic acids is 1. The number of aromatic hydroxyl groups is 1. The third-order valence-electron chi connectivity index (χ3n) is 2.56. The molecule has 0 fully saturated rings. The molecule has 0 aromatic heterocycles. The van der Waals surface area contributed by atoms with Crippen molar-refractivity contribution in [3.05, 3.63) is 28.9 Å². The van der Waals surface area contributed by atoms with Crippen LogP contribution in [0.15, 0.2) is 33.8 Å². The molecule has 19 heavy (non-hydrogen) atoms. The van der Waals surface area contributed by atoms with Crippen LogP contribution >= 0.6 is 11.8 Å². The Hall–Kier alpha value is -1.93. The lowest BCUT2D eigenvalue weighted by atomic mass is 9.87. The zero-order valence-corrected chi connectivity index (χ0v) is 11.7. The van der Waals surface area contributed by atoms with Gasteiger partial charge in [0.1, 0.15) is 23.1 Å². The number of nitrogens with zero attached hydrogens (tertiary/aromatic N) is 1. The van der Waals surface area contributed by atoms with Crippen LogP contribution in [0.5, 0.6) is 11.5 Å². The number of fused-ring (bicyclic) bond motifs is 1. The second-order valence-corrected chi connectivity index (χ2v) is 6.20. The molecular formula is C14H13NO3S. The van der Waals surface area contributed by atoms with Gasteiger partial charge < -0.3 is 9.84 Å². The van der Waals surface area contributed by atoms with Crippen molar-refractivity contribution in [3.8, 4) is 17.6 Å². The number of phenolic OH excluding ortho intramolecular Hbond substituents is 1. The molecule has 0 saturated carbocycles. The molecule has 1 heterocycles. The molecule has 0 bridgehead atoms. The smallest absolute Gasteiger partial charge is 0.187 e. The Kier molecular flexibility index (Phi) is 3.29. The Labute approximate surface area is 115 Å². The van der Waals surface area contributed by atoms with Crippen LogP contribution < -0.4 is 4.74 Å². The monoisotopic (exact) mass is 275 g/mol. The average Bonchev–Trinajstić information content (AvgIpc) is 2.71. The molecule has 1 N–H and O–H groups in total. The van der Waals surface area contributed by atoms with Gasteiger partial charge in [-0.2, -0.15) is 5.26 Å². The van der Waals surface area contributed by atoms with Gasteiger partial charge in [-0.25, -0.2) is 0 Å². The average molecular weight is 275 g/mol. The Bertz CT molecular complexity index is 621. The predicted octanol–water partition coefficient (Wildman–Crippen LogP) is 3.23. The number of hydrogen-bond donors (Lipinski definition) is 1. The fourth-order valence-electron chi connectivity index (χ4n) is 1.55. The summed E-state index contributed by atoms with van der Waals surface area (Å²) >= 11 is 1.18. The van der Waals surface area contributed by atoms with Gasteiger partial charge in [0.05, 0.1) is 4.90 Å². The molecule has 1 aliphatic heterocycles. The summed E-state index contributed by atoms with van der Waals surface area (Å²) in [6.07, 6.45) is 0. The number of allylic oxidation sites excluding steroid dienone is 1. The summed E-state index contributed by atoms with van der Waals surface area (Å²) in [5.74, 6) is 0.415. The fourth-order valence-corrected chi connectivity index (χ4v) is 2.51. The Balaban J connectivity index is 2.41. The molecule has 1 aromatic carbocycles. The van der Waals surface area contributed by atoms with Crippen molar-refractivity contribution in [3.63, 3.8) is 0 Å². The number of nitriles is 1. The molecule has 0 spiro atoms. The maximum absolute atomic E-state index is 12.2. The molecule has 0 saturated heterocycles. The van der Waals surface area contributed by atoms with E-state index in [1.165, 1.54) is 17.8 Å². The quantitative estimate of drug-likeness (QED) is 0.629. The van der Waals surface area contributed by atoms with E-state index in [9.17, 15) is 15.2 Å². The number of rotatable bonds is 1. The van der Waals surface area contributed by atoms with Gasteiger partial charge in [-0.15, -0.1) is 0 Å². The van der Waals surface area contributed by atoms with Crippen LogP contribution in [0.1, 0.15) is 20.8 Å². The number of benzene rings is 1. The zero-order valence-electron chi connectivity index (χ0n) is 10.9. The lowest BCUT2D eigenvalue weighted by molar-refractivity contribution is -0.122. The van der Waals surface area contributed by atoms with E-state index in [2.05, 4.69) is 0 Å².